The van der Waals surface area contributed by atoms with E-state index in [9.17, 15) is 9.90 Å². The number of fused-ring (bicyclic) bond motifs is 5. The molecule has 0 saturated heterocycles. The molecule has 4 aliphatic carbocycles. The second-order valence-electron chi connectivity index (χ2n) is 14.3. The summed E-state index contributed by atoms with van der Waals surface area (Å²) < 4.78 is 5.68. The molecule has 0 aromatic heterocycles. The van der Waals surface area contributed by atoms with Crippen LogP contribution in [0, 0.1) is 45.8 Å². The first-order valence-electron chi connectivity index (χ1n) is 15.5. The molecule has 0 aromatic rings. The quantitative estimate of drug-likeness (QED) is 0.255. The van der Waals surface area contributed by atoms with Gasteiger partial charge in [-0.05, 0) is 91.8 Å². The number of unbranched alkanes of at least 4 members (excludes halogenated alkanes) is 1. The van der Waals surface area contributed by atoms with Crippen molar-refractivity contribution in [1.29, 1.82) is 0 Å². The summed E-state index contributed by atoms with van der Waals surface area (Å²) in [7, 11) is 0. The number of allylic oxidation sites excluding steroid dienone is 1. The third-order valence-corrected chi connectivity index (χ3v) is 12.0. The normalized spacial score (nSPS) is 42.8. The zero-order valence-electron chi connectivity index (χ0n) is 24.6. The molecule has 0 spiro atoms. The first kappa shape index (κ1) is 28.2. The summed E-state index contributed by atoms with van der Waals surface area (Å²) in [6.07, 6.45) is 17.7. The zero-order chi connectivity index (χ0) is 26.3. The Bertz CT molecular complexity index is 816. The van der Waals surface area contributed by atoms with Gasteiger partial charge >= 0.3 is 5.97 Å². The molecule has 0 unspecified atom stereocenters. The molecule has 0 aromatic carbocycles. The van der Waals surface area contributed by atoms with Crippen LogP contribution in [0.15, 0.2) is 11.6 Å². The predicted molar refractivity (Wildman–Crippen MR) is 148 cm³/mol. The summed E-state index contributed by atoms with van der Waals surface area (Å²) in [6.45, 7) is 16.2. The Hall–Kier alpha value is -0.830. The molecular weight excluding hydrogens is 444 g/mol. The third kappa shape index (κ3) is 4.62. The minimum atomic E-state index is -0.210. The van der Waals surface area contributed by atoms with Gasteiger partial charge < -0.3 is 9.84 Å². The van der Waals surface area contributed by atoms with Crippen LogP contribution in [0.1, 0.15) is 132 Å². The van der Waals surface area contributed by atoms with E-state index in [-0.39, 0.29) is 34.4 Å². The Labute approximate surface area is 222 Å². The molecule has 0 amide bonds. The lowest BCUT2D eigenvalue weighted by Crippen LogP contribution is -2.57. The van der Waals surface area contributed by atoms with Gasteiger partial charge in [-0.15, -0.1) is 0 Å². The fraction of sp³-hybridized carbons (Fsp3) is 0.909. The predicted octanol–water partition coefficient (Wildman–Crippen LogP) is 8.49. The molecule has 3 fully saturated rings. The standard InChI is InChI=1S/C33H56O3/c1-8-9-17-33-28-14-13-25-20-26(36-24(5)34)15-18-31(25,6)27(28)16-19-32(33,7)29(21-30(33)35)23(4)12-10-11-22(2)3/h14,22-23,25-27,29-30,35H,8-13,15-21H2,1-7H3/t23-,25+,26+,27+,29-,30-,31+,32-,33-/m1/s1. The number of hydrogen-bond donors (Lipinski definition) is 1. The van der Waals surface area contributed by atoms with Crippen LogP contribution in [0.25, 0.3) is 0 Å². The minimum Gasteiger partial charge on any atom is -0.463 e. The molecule has 1 N–H and O–H groups in total. The number of carbonyl (C=O) groups is 1. The van der Waals surface area contributed by atoms with Gasteiger partial charge in [0, 0.05) is 12.3 Å². The van der Waals surface area contributed by atoms with Gasteiger partial charge in [0.15, 0.2) is 0 Å². The van der Waals surface area contributed by atoms with Crippen LogP contribution in [-0.2, 0) is 9.53 Å². The highest BCUT2D eigenvalue weighted by Crippen LogP contribution is 2.73. The van der Waals surface area contributed by atoms with Crippen molar-refractivity contribution in [2.24, 2.45) is 45.8 Å². The number of aliphatic hydroxyl groups is 1. The Morgan fingerprint density at radius 3 is 2.53 bits per heavy atom. The molecule has 36 heavy (non-hydrogen) atoms. The van der Waals surface area contributed by atoms with E-state index in [4.69, 9.17) is 4.74 Å². The maximum Gasteiger partial charge on any atom is 0.302 e. The van der Waals surface area contributed by atoms with Crippen LogP contribution in [0.2, 0.25) is 0 Å². The van der Waals surface area contributed by atoms with Gasteiger partial charge in [0.25, 0.3) is 0 Å². The largest absolute Gasteiger partial charge is 0.463 e. The third-order valence-electron chi connectivity index (χ3n) is 12.0. The van der Waals surface area contributed by atoms with Crippen molar-refractivity contribution in [3.63, 3.8) is 0 Å². The van der Waals surface area contributed by atoms with Gasteiger partial charge in [0.1, 0.15) is 6.10 Å². The highest BCUT2D eigenvalue weighted by molar-refractivity contribution is 5.66. The fourth-order valence-corrected chi connectivity index (χ4v) is 10.0. The second kappa shape index (κ2) is 10.7. The van der Waals surface area contributed by atoms with Crippen molar-refractivity contribution in [3.05, 3.63) is 11.6 Å². The highest BCUT2D eigenvalue weighted by Gasteiger charge is 2.68. The zero-order valence-corrected chi connectivity index (χ0v) is 24.6. The minimum absolute atomic E-state index is 0.0520. The Morgan fingerprint density at radius 1 is 1.11 bits per heavy atom. The van der Waals surface area contributed by atoms with E-state index in [0.717, 1.165) is 44.4 Å². The van der Waals surface area contributed by atoms with Crippen molar-refractivity contribution >= 4 is 5.97 Å². The fourth-order valence-electron chi connectivity index (χ4n) is 10.0. The Balaban J connectivity index is 1.65. The number of esters is 1. The monoisotopic (exact) mass is 500 g/mol. The van der Waals surface area contributed by atoms with Gasteiger partial charge in [-0.1, -0.05) is 85.3 Å². The van der Waals surface area contributed by atoms with Gasteiger partial charge in [-0.2, -0.15) is 0 Å². The number of carbonyl (C=O) groups excluding carboxylic acids is 1. The van der Waals surface area contributed by atoms with Crippen molar-refractivity contribution in [1.82, 2.24) is 0 Å². The summed E-state index contributed by atoms with van der Waals surface area (Å²) in [5.74, 6) is 3.09. The molecular formula is C33H56O3. The molecule has 9 atom stereocenters. The van der Waals surface area contributed by atoms with E-state index in [1.807, 2.05) is 0 Å². The molecule has 3 saturated carbocycles. The second-order valence-corrected chi connectivity index (χ2v) is 14.3. The number of ether oxygens (including phenoxy) is 1. The van der Waals surface area contributed by atoms with Crippen LogP contribution < -0.4 is 0 Å². The smallest absolute Gasteiger partial charge is 0.302 e. The van der Waals surface area contributed by atoms with E-state index in [2.05, 4.69) is 47.6 Å². The van der Waals surface area contributed by atoms with Crippen molar-refractivity contribution < 1.29 is 14.6 Å². The molecule has 0 heterocycles. The lowest BCUT2D eigenvalue weighted by Gasteiger charge is -2.63. The maximum atomic E-state index is 12.1. The Morgan fingerprint density at radius 2 is 1.86 bits per heavy atom. The average molecular weight is 501 g/mol. The van der Waals surface area contributed by atoms with Crippen LogP contribution in [0.5, 0.6) is 0 Å². The molecule has 206 valence electrons. The van der Waals surface area contributed by atoms with E-state index in [1.54, 1.807) is 12.5 Å². The summed E-state index contributed by atoms with van der Waals surface area (Å²) in [6, 6.07) is 0. The molecule has 4 aliphatic rings. The molecule has 0 aliphatic heterocycles. The molecule has 0 radical (unpaired) electrons. The van der Waals surface area contributed by atoms with Crippen molar-refractivity contribution in [2.45, 2.75) is 144 Å². The topological polar surface area (TPSA) is 46.5 Å². The van der Waals surface area contributed by atoms with E-state index < -0.39 is 0 Å². The number of aliphatic hydroxyl groups excluding tert-OH is 1. The number of rotatable bonds is 9. The van der Waals surface area contributed by atoms with Gasteiger partial charge in [-0.25, -0.2) is 0 Å². The Kier molecular flexibility index (Phi) is 8.41. The highest BCUT2D eigenvalue weighted by atomic mass is 16.5. The average Bonchev–Trinajstić information content (AvgIpc) is 3.04. The van der Waals surface area contributed by atoms with E-state index in [0.29, 0.717) is 23.7 Å². The molecule has 3 nitrogen and oxygen atoms in total. The van der Waals surface area contributed by atoms with Crippen LogP contribution >= 0.6 is 0 Å². The lowest BCUT2D eigenvalue weighted by molar-refractivity contribution is -0.153. The molecule has 4 rings (SSSR count). The maximum absolute atomic E-state index is 12.1. The van der Waals surface area contributed by atoms with Crippen molar-refractivity contribution in [2.75, 3.05) is 0 Å². The first-order chi connectivity index (χ1) is 17.0. The lowest BCUT2D eigenvalue weighted by atomic mass is 9.42. The van der Waals surface area contributed by atoms with E-state index >= 15 is 0 Å². The molecule has 0 bridgehead atoms. The van der Waals surface area contributed by atoms with Crippen molar-refractivity contribution in [3.8, 4) is 0 Å². The molecule has 3 heteroatoms. The first-order valence-corrected chi connectivity index (χ1v) is 15.5. The number of hydrogen-bond acceptors (Lipinski definition) is 3. The van der Waals surface area contributed by atoms with Gasteiger partial charge in [0.2, 0.25) is 0 Å². The van der Waals surface area contributed by atoms with E-state index in [1.165, 1.54) is 44.9 Å². The summed E-state index contributed by atoms with van der Waals surface area (Å²) in [5, 5.41) is 12.1. The SMILES string of the molecule is CCCC[C@]12C3=CC[C@H]4C[C@@H](OC(C)=O)CC[C@]4(C)[C@H]3CC[C@]1(C)[C@@H]([C@H](C)CCCC(C)C)C[C@H]2O. The van der Waals surface area contributed by atoms with Gasteiger partial charge in [0.05, 0.1) is 6.10 Å². The summed E-state index contributed by atoms with van der Waals surface area (Å²) in [5.41, 5.74) is 2.06. The van der Waals surface area contributed by atoms with Gasteiger partial charge in [-0.3, -0.25) is 4.79 Å². The van der Waals surface area contributed by atoms with Crippen LogP contribution in [0.4, 0.5) is 0 Å². The van der Waals surface area contributed by atoms with Crippen LogP contribution in [0.3, 0.4) is 0 Å². The van der Waals surface area contributed by atoms with Crippen LogP contribution in [-0.4, -0.2) is 23.3 Å². The summed E-state index contributed by atoms with van der Waals surface area (Å²) in [4.78, 5) is 11.6. The summed E-state index contributed by atoms with van der Waals surface area (Å²) >= 11 is 0.